The molecule has 28 heavy (non-hydrogen) atoms. The monoisotopic (exact) mass is 393 g/mol. The number of fused-ring (bicyclic) bond motifs is 1. The van der Waals surface area contributed by atoms with E-state index in [1.54, 1.807) is 24.0 Å². The molecule has 0 saturated heterocycles. The highest BCUT2D eigenvalue weighted by molar-refractivity contribution is 6.30. The number of hydrogen-bond acceptors (Lipinski definition) is 2. The first-order chi connectivity index (χ1) is 13.5. The summed E-state index contributed by atoms with van der Waals surface area (Å²) in [5.74, 6) is 0. The molecule has 0 radical (unpaired) electrons. The highest BCUT2D eigenvalue weighted by Gasteiger charge is 2.11. The molecule has 5 heteroatoms. The lowest BCUT2D eigenvalue weighted by Crippen LogP contribution is -2.16. The molecule has 0 amide bonds. The van der Waals surface area contributed by atoms with E-state index < -0.39 is 0 Å². The van der Waals surface area contributed by atoms with Crippen molar-refractivity contribution in [3.63, 3.8) is 0 Å². The van der Waals surface area contributed by atoms with E-state index in [4.69, 9.17) is 11.6 Å². The van der Waals surface area contributed by atoms with Crippen LogP contribution in [0.5, 0.6) is 0 Å². The molecule has 2 aromatic carbocycles. The third-order valence-electron chi connectivity index (χ3n) is 4.75. The fourth-order valence-corrected chi connectivity index (χ4v) is 3.47. The summed E-state index contributed by atoms with van der Waals surface area (Å²) in [6, 6.07) is 15.5. The van der Waals surface area contributed by atoms with Crippen LogP contribution < -0.4 is 5.56 Å². The number of halogens is 1. The first kappa shape index (κ1) is 19.9. The van der Waals surface area contributed by atoms with Crippen molar-refractivity contribution in [3.8, 4) is 11.1 Å². The van der Waals surface area contributed by atoms with Gasteiger partial charge in [0, 0.05) is 48.9 Å². The third-order valence-corrected chi connectivity index (χ3v) is 4.98. The number of pyridine rings is 1. The Hall–Kier alpha value is -2.85. The van der Waals surface area contributed by atoms with Crippen molar-refractivity contribution in [2.45, 2.75) is 20.3 Å². The van der Waals surface area contributed by atoms with E-state index >= 15 is 0 Å². The Bertz CT molecular complexity index is 1170. The van der Waals surface area contributed by atoms with Crippen LogP contribution in [0.1, 0.15) is 25.1 Å². The summed E-state index contributed by atoms with van der Waals surface area (Å²) in [5.41, 5.74) is 5.02. The van der Waals surface area contributed by atoms with Crippen molar-refractivity contribution in [2.75, 3.05) is 0 Å². The van der Waals surface area contributed by atoms with E-state index in [9.17, 15) is 4.79 Å². The molecule has 0 fully saturated rings. The number of aryl methyl sites for hydroxylation is 2. The number of imidazole rings is 1. The first-order valence-corrected chi connectivity index (χ1v) is 9.74. The van der Waals surface area contributed by atoms with E-state index in [1.165, 1.54) is 5.56 Å². The van der Waals surface area contributed by atoms with Gasteiger partial charge in [0.2, 0.25) is 0 Å². The average molecular weight is 394 g/mol. The van der Waals surface area contributed by atoms with Gasteiger partial charge in [-0.05, 0) is 41.0 Å². The normalized spacial score (nSPS) is 10.6. The SMILES string of the molecule is CC.Cn1cncc1Cc1ccc2c(c1)c(-c1cccc(Cl)c1)cc(=O)n2C. The van der Waals surface area contributed by atoms with Gasteiger partial charge in [0.15, 0.2) is 0 Å². The molecule has 4 nitrogen and oxygen atoms in total. The van der Waals surface area contributed by atoms with Crippen LogP contribution in [0.2, 0.25) is 5.02 Å². The van der Waals surface area contributed by atoms with Gasteiger partial charge >= 0.3 is 0 Å². The van der Waals surface area contributed by atoms with Gasteiger partial charge in [0.1, 0.15) is 0 Å². The third kappa shape index (κ3) is 3.87. The van der Waals surface area contributed by atoms with Crippen LogP contribution in [-0.4, -0.2) is 14.1 Å². The number of aromatic nitrogens is 3. The Balaban J connectivity index is 0.00000109. The number of hydrogen-bond donors (Lipinski definition) is 0. The molecule has 2 aromatic heterocycles. The minimum Gasteiger partial charge on any atom is -0.337 e. The van der Waals surface area contributed by atoms with E-state index in [1.807, 2.05) is 62.0 Å². The van der Waals surface area contributed by atoms with Crippen molar-refractivity contribution in [1.29, 1.82) is 0 Å². The molecular weight excluding hydrogens is 370 g/mol. The van der Waals surface area contributed by atoms with Crippen LogP contribution in [0.25, 0.3) is 22.0 Å². The van der Waals surface area contributed by atoms with Crippen LogP contribution >= 0.6 is 11.6 Å². The molecular formula is C23H24ClN3O. The molecule has 0 N–H and O–H groups in total. The molecule has 4 aromatic rings. The number of rotatable bonds is 3. The molecule has 4 rings (SSSR count). The zero-order chi connectivity index (χ0) is 20.3. The molecule has 0 saturated carbocycles. The van der Waals surface area contributed by atoms with Crippen LogP contribution in [0.4, 0.5) is 0 Å². The molecule has 0 aliphatic rings. The minimum absolute atomic E-state index is 0.0353. The van der Waals surface area contributed by atoms with Crippen molar-refractivity contribution in [3.05, 3.63) is 87.7 Å². The van der Waals surface area contributed by atoms with Gasteiger partial charge in [-0.1, -0.05) is 43.6 Å². The summed E-state index contributed by atoms with van der Waals surface area (Å²) in [6.07, 6.45) is 4.46. The molecule has 0 unspecified atom stereocenters. The Labute approximate surface area is 170 Å². The second kappa shape index (κ2) is 8.44. The molecule has 144 valence electrons. The average Bonchev–Trinajstić information content (AvgIpc) is 3.11. The summed E-state index contributed by atoms with van der Waals surface area (Å²) >= 11 is 6.17. The highest BCUT2D eigenvalue weighted by atomic mass is 35.5. The predicted octanol–water partition coefficient (Wildman–Crippen LogP) is 5.21. The molecule has 2 heterocycles. The fourth-order valence-electron chi connectivity index (χ4n) is 3.28. The van der Waals surface area contributed by atoms with Crippen molar-refractivity contribution in [2.24, 2.45) is 14.1 Å². The maximum Gasteiger partial charge on any atom is 0.251 e. The zero-order valence-electron chi connectivity index (χ0n) is 16.6. The van der Waals surface area contributed by atoms with Crippen molar-refractivity contribution < 1.29 is 0 Å². The fraction of sp³-hybridized carbons (Fsp3) is 0.217. The van der Waals surface area contributed by atoms with Crippen LogP contribution in [0, 0.1) is 0 Å². The lowest BCUT2D eigenvalue weighted by molar-refractivity contribution is 0.845. The minimum atomic E-state index is -0.0353. The predicted molar refractivity (Wildman–Crippen MR) is 117 cm³/mol. The van der Waals surface area contributed by atoms with Crippen LogP contribution in [0.3, 0.4) is 0 Å². The van der Waals surface area contributed by atoms with E-state index in [0.29, 0.717) is 5.02 Å². The summed E-state index contributed by atoms with van der Waals surface area (Å²) in [6.45, 7) is 4.00. The largest absolute Gasteiger partial charge is 0.337 e. The van der Waals surface area contributed by atoms with E-state index in [0.717, 1.165) is 34.1 Å². The summed E-state index contributed by atoms with van der Waals surface area (Å²) in [7, 11) is 3.79. The highest BCUT2D eigenvalue weighted by Crippen LogP contribution is 2.30. The first-order valence-electron chi connectivity index (χ1n) is 9.37. The Morgan fingerprint density at radius 2 is 1.82 bits per heavy atom. The van der Waals surface area contributed by atoms with Gasteiger partial charge in [-0.25, -0.2) is 4.98 Å². The summed E-state index contributed by atoms with van der Waals surface area (Å²) in [5, 5.41) is 1.69. The lowest BCUT2D eigenvalue weighted by atomic mass is 9.98. The second-order valence-electron chi connectivity index (χ2n) is 6.49. The van der Waals surface area contributed by atoms with Crippen LogP contribution in [-0.2, 0) is 20.5 Å². The molecule has 0 bridgehead atoms. The maximum atomic E-state index is 12.4. The smallest absolute Gasteiger partial charge is 0.251 e. The van der Waals surface area contributed by atoms with Gasteiger partial charge in [-0.3, -0.25) is 4.79 Å². The Morgan fingerprint density at radius 3 is 2.50 bits per heavy atom. The second-order valence-corrected chi connectivity index (χ2v) is 6.93. The maximum absolute atomic E-state index is 12.4. The standard InChI is InChI=1S/C21H18ClN3O.C2H6/c1-24-13-23-12-17(24)8-14-6-7-20-19(9-14)18(11-21(26)25(20)2)15-4-3-5-16(22)10-15;1-2/h3-7,9-13H,8H2,1-2H3;1-2H3. The van der Waals surface area contributed by atoms with Gasteiger partial charge < -0.3 is 9.13 Å². The Morgan fingerprint density at radius 1 is 1.04 bits per heavy atom. The Kier molecular flexibility index (Phi) is 6.00. The van der Waals surface area contributed by atoms with Crippen LogP contribution in [0.15, 0.2) is 65.8 Å². The van der Waals surface area contributed by atoms with Crippen molar-refractivity contribution in [1.82, 2.24) is 14.1 Å². The number of nitrogens with zero attached hydrogens (tertiary/aromatic N) is 3. The molecule has 0 aliphatic heterocycles. The van der Waals surface area contributed by atoms with E-state index in [-0.39, 0.29) is 5.56 Å². The van der Waals surface area contributed by atoms with Gasteiger partial charge in [-0.15, -0.1) is 0 Å². The summed E-state index contributed by atoms with van der Waals surface area (Å²) < 4.78 is 3.69. The van der Waals surface area contributed by atoms with Crippen molar-refractivity contribution >= 4 is 22.5 Å². The molecule has 0 spiro atoms. The molecule has 0 aliphatic carbocycles. The quantitative estimate of drug-likeness (QED) is 0.479. The number of benzene rings is 2. The lowest BCUT2D eigenvalue weighted by Gasteiger charge is -2.13. The molecule has 0 atom stereocenters. The van der Waals surface area contributed by atoms with Gasteiger partial charge in [-0.2, -0.15) is 0 Å². The van der Waals surface area contributed by atoms with Gasteiger partial charge in [0.05, 0.1) is 11.8 Å². The van der Waals surface area contributed by atoms with Gasteiger partial charge in [0.25, 0.3) is 5.56 Å². The topological polar surface area (TPSA) is 39.8 Å². The van der Waals surface area contributed by atoms with E-state index in [2.05, 4.69) is 17.1 Å². The zero-order valence-corrected chi connectivity index (χ0v) is 17.4. The summed E-state index contributed by atoms with van der Waals surface area (Å²) in [4.78, 5) is 16.6.